The number of rotatable bonds is 7. The van der Waals surface area contributed by atoms with E-state index in [-0.39, 0.29) is 6.04 Å². The van der Waals surface area contributed by atoms with Gasteiger partial charge < -0.3 is 15.6 Å². The van der Waals surface area contributed by atoms with Gasteiger partial charge in [-0.15, -0.1) is 11.3 Å². The zero-order valence-corrected chi connectivity index (χ0v) is 11.7. The molecule has 1 heterocycles. The molecule has 0 spiro atoms. The van der Waals surface area contributed by atoms with Gasteiger partial charge in [0.15, 0.2) is 0 Å². The van der Waals surface area contributed by atoms with Crippen LogP contribution in [0.15, 0.2) is 12.1 Å². The number of aliphatic hydroxyl groups is 1. The molecule has 0 amide bonds. The number of nitrogens with two attached hydrogens (primary N) is 1. The molecule has 0 saturated heterocycles. The number of nitrogens with zero attached hydrogens (tertiary/aromatic N) is 1. The first-order valence-electron chi connectivity index (χ1n) is 5.41. The van der Waals surface area contributed by atoms with Crippen LogP contribution in [-0.4, -0.2) is 50.0 Å². The molecule has 98 valence electrons. The number of hydrogen-bond donors (Lipinski definition) is 2. The maximum Gasteiger partial charge on any atom is 0.0931 e. The number of thiophene rings is 1. The standard InChI is InChI=1S/C11H19ClN2O2S/c1-14(6-8(15)7-16-2)9(5-13)10-3-4-11(12)17-10/h3-4,8-9,15H,5-7,13H2,1-2H3. The Bertz CT molecular complexity index is 335. The molecule has 4 nitrogen and oxygen atoms in total. The predicted molar refractivity (Wildman–Crippen MR) is 71.6 cm³/mol. The smallest absolute Gasteiger partial charge is 0.0931 e. The highest BCUT2D eigenvalue weighted by Crippen LogP contribution is 2.29. The predicted octanol–water partition coefficient (Wildman–Crippen LogP) is 1.34. The third-order valence-electron chi connectivity index (χ3n) is 2.54. The van der Waals surface area contributed by atoms with Crippen LogP contribution < -0.4 is 5.73 Å². The maximum absolute atomic E-state index is 9.69. The third-order valence-corrected chi connectivity index (χ3v) is 3.87. The van der Waals surface area contributed by atoms with Gasteiger partial charge in [-0.1, -0.05) is 11.6 Å². The van der Waals surface area contributed by atoms with Crippen molar-refractivity contribution in [2.24, 2.45) is 5.73 Å². The first-order valence-corrected chi connectivity index (χ1v) is 6.60. The van der Waals surface area contributed by atoms with Gasteiger partial charge in [0.1, 0.15) is 0 Å². The second kappa shape index (κ2) is 7.31. The number of likely N-dealkylation sites (N-methyl/N-ethyl adjacent to an activating group) is 1. The van der Waals surface area contributed by atoms with Crippen molar-refractivity contribution in [1.82, 2.24) is 4.90 Å². The van der Waals surface area contributed by atoms with E-state index in [1.807, 2.05) is 24.1 Å². The minimum Gasteiger partial charge on any atom is -0.389 e. The largest absolute Gasteiger partial charge is 0.389 e. The zero-order chi connectivity index (χ0) is 12.8. The Kier molecular flexibility index (Phi) is 6.40. The molecule has 0 aliphatic rings. The molecular formula is C11H19ClN2O2S. The quantitative estimate of drug-likeness (QED) is 0.790. The Morgan fingerprint density at radius 2 is 2.29 bits per heavy atom. The highest BCUT2D eigenvalue weighted by Gasteiger charge is 2.19. The van der Waals surface area contributed by atoms with Crippen LogP contribution in [0.5, 0.6) is 0 Å². The first-order chi connectivity index (χ1) is 8.08. The van der Waals surface area contributed by atoms with Crippen LogP contribution in [0, 0.1) is 0 Å². The van der Waals surface area contributed by atoms with Gasteiger partial charge in [-0.05, 0) is 19.2 Å². The monoisotopic (exact) mass is 278 g/mol. The lowest BCUT2D eigenvalue weighted by atomic mass is 10.2. The molecule has 0 aliphatic carbocycles. The van der Waals surface area contributed by atoms with Crippen molar-refractivity contribution in [1.29, 1.82) is 0 Å². The van der Waals surface area contributed by atoms with E-state index in [2.05, 4.69) is 0 Å². The summed E-state index contributed by atoms with van der Waals surface area (Å²) in [7, 11) is 3.51. The molecule has 1 aromatic heterocycles. The molecule has 1 rings (SSSR count). The number of ether oxygens (including phenoxy) is 1. The normalized spacial score (nSPS) is 15.2. The van der Waals surface area contributed by atoms with Crippen LogP contribution >= 0.6 is 22.9 Å². The van der Waals surface area contributed by atoms with Crippen molar-refractivity contribution in [3.05, 3.63) is 21.3 Å². The summed E-state index contributed by atoms with van der Waals surface area (Å²) in [6, 6.07) is 3.92. The highest BCUT2D eigenvalue weighted by molar-refractivity contribution is 7.16. The van der Waals surface area contributed by atoms with Gasteiger partial charge in [0.05, 0.1) is 23.1 Å². The Balaban J connectivity index is 2.61. The van der Waals surface area contributed by atoms with E-state index in [1.54, 1.807) is 7.11 Å². The summed E-state index contributed by atoms with van der Waals surface area (Å²) in [6.45, 7) is 1.34. The SMILES string of the molecule is COCC(O)CN(C)C(CN)c1ccc(Cl)s1. The fourth-order valence-corrected chi connectivity index (χ4v) is 2.97. The molecule has 6 heteroatoms. The number of methoxy groups -OCH3 is 1. The minimum absolute atomic E-state index is 0.0824. The van der Waals surface area contributed by atoms with Crippen LogP contribution in [-0.2, 0) is 4.74 Å². The van der Waals surface area contributed by atoms with Gasteiger partial charge in [0.2, 0.25) is 0 Å². The Morgan fingerprint density at radius 1 is 1.59 bits per heavy atom. The molecule has 0 radical (unpaired) electrons. The van der Waals surface area contributed by atoms with Crippen LogP contribution in [0.1, 0.15) is 10.9 Å². The summed E-state index contributed by atoms with van der Waals surface area (Å²) in [5.74, 6) is 0. The summed E-state index contributed by atoms with van der Waals surface area (Å²) in [5, 5.41) is 9.69. The van der Waals surface area contributed by atoms with Crippen LogP contribution in [0.3, 0.4) is 0 Å². The average molecular weight is 279 g/mol. The minimum atomic E-state index is -0.505. The lowest BCUT2D eigenvalue weighted by Crippen LogP contribution is -2.37. The number of hydrogen-bond acceptors (Lipinski definition) is 5. The lowest BCUT2D eigenvalue weighted by molar-refractivity contribution is 0.0351. The molecule has 2 atom stereocenters. The average Bonchev–Trinajstić information content (AvgIpc) is 2.66. The molecular weight excluding hydrogens is 260 g/mol. The van der Waals surface area contributed by atoms with E-state index in [0.29, 0.717) is 19.7 Å². The fourth-order valence-electron chi connectivity index (χ4n) is 1.73. The van der Waals surface area contributed by atoms with Crippen molar-refractivity contribution in [2.45, 2.75) is 12.1 Å². The summed E-state index contributed by atoms with van der Waals surface area (Å²) >= 11 is 7.43. The van der Waals surface area contributed by atoms with Crippen molar-refractivity contribution >= 4 is 22.9 Å². The van der Waals surface area contributed by atoms with Crippen molar-refractivity contribution in [3.8, 4) is 0 Å². The molecule has 1 aromatic rings. The molecule has 0 aromatic carbocycles. The number of aliphatic hydroxyl groups excluding tert-OH is 1. The van der Waals surface area contributed by atoms with Gasteiger partial charge in [-0.25, -0.2) is 0 Å². The summed E-state index contributed by atoms with van der Waals surface area (Å²) in [5.41, 5.74) is 5.77. The van der Waals surface area contributed by atoms with E-state index in [1.165, 1.54) is 11.3 Å². The molecule has 0 bridgehead atoms. The van der Waals surface area contributed by atoms with E-state index in [0.717, 1.165) is 9.21 Å². The van der Waals surface area contributed by atoms with E-state index in [9.17, 15) is 5.11 Å². The van der Waals surface area contributed by atoms with Crippen molar-refractivity contribution < 1.29 is 9.84 Å². The van der Waals surface area contributed by atoms with Gasteiger partial charge in [-0.2, -0.15) is 0 Å². The van der Waals surface area contributed by atoms with Crippen molar-refractivity contribution in [3.63, 3.8) is 0 Å². The van der Waals surface area contributed by atoms with Gasteiger partial charge in [0, 0.05) is 25.1 Å². The van der Waals surface area contributed by atoms with Gasteiger partial charge >= 0.3 is 0 Å². The topological polar surface area (TPSA) is 58.7 Å². The summed E-state index contributed by atoms with van der Waals surface area (Å²) < 4.78 is 5.66. The molecule has 3 N–H and O–H groups in total. The van der Waals surface area contributed by atoms with E-state index >= 15 is 0 Å². The molecule has 0 aliphatic heterocycles. The second-order valence-corrected chi connectivity index (χ2v) is 5.69. The number of halogens is 1. The second-order valence-electron chi connectivity index (χ2n) is 3.94. The van der Waals surface area contributed by atoms with E-state index in [4.69, 9.17) is 22.1 Å². The Morgan fingerprint density at radius 3 is 2.76 bits per heavy atom. The highest BCUT2D eigenvalue weighted by atomic mass is 35.5. The van der Waals surface area contributed by atoms with Crippen molar-refractivity contribution in [2.75, 3.05) is 33.9 Å². The third kappa shape index (κ3) is 4.54. The molecule has 0 saturated carbocycles. The maximum atomic E-state index is 9.69. The molecule has 17 heavy (non-hydrogen) atoms. The van der Waals surface area contributed by atoms with Gasteiger partial charge in [-0.3, -0.25) is 4.90 Å². The molecule has 2 unspecified atom stereocenters. The molecule has 0 fully saturated rings. The van der Waals surface area contributed by atoms with Gasteiger partial charge in [0.25, 0.3) is 0 Å². The van der Waals surface area contributed by atoms with Crippen LogP contribution in [0.25, 0.3) is 0 Å². The van der Waals surface area contributed by atoms with Crippen LogP contribution in [0.4, 0.5) is 0 Å². The summed E-state index contributed by atoms with van der Waals surface area (Å²) in [4.78, 5) is 3.14. The van der Waals surface area contributed by atoms with Crippen LogP contribution in [0.2, 0.25) is 4.34 Å². The first kappa shape index (κ1) is 14.9. The Labute approximate surface area is 111 Å². The lowest BCUT2D eigenvalue weighted by Gasteiger charge is -2.27. The van der Waals surface area contributed by atoms with E-state index < -0.39 is 6.10 Å². The fraction of sp³-hybridized carbons (Fsp3) is 0.636. The Hall–Kier alpha value is -0.170. The zero-order valence-electron chi connectivity index (χ0n) is 10.1. The summed E-state index contributed by atoms with van der Waals surface area (Å²) in [6.07, 6.45) is -0.505.